The Hall–Kier alpha value is -3.13. The Balaban J connectivity index is 1.35. The van der Waals surface area contributed by atoms with Gasteiger partial charge >= 0.3 is 5.97 Å². The van der Waals surface area contributed by atoms with E-state index < -0.39 is 12.1 Å². The molecule has 1 N–H and O–H groups in total. The molecule has 1 aromatic carbocycles. The molecular weight excluding hydrogens is 459 g/mol. The monoisotopic (exact) mass is 494 g/mol. The lowest BCUT2D eigenvalue weighted by Gasteiger charge is -2.39. The van der Waals surface area contributed by atoms with Crippen molar-refractivity contribution in [3.8, 4) is 5.75 Å². The van der Waals surface area contributed by atoms with Crippen LogP contribution in [0.4, 0.5) is 4.39 Å². The highest BCUT2D eigenvalue weighted by Crippen LogP contribution is 2.36. The molecule has 3 aromatic rings. The quantitative estimate of drug-likeness (QED) is 0.367. The first-order valence-corrected chi connectivity index (χ1v) is 12.8. The van der Waals surface area contributed by atoms with E-state index in [1.807, 2.05) is 30.3 Å². The third-order valence-corrected chi connectivity index (χ3v) is 7.35. The number of halogens is 1. The van der Waals surface area contributed by atoms with Gasteiger partial charge in [0, 0.05) is 30.7 Å². The smallest absolute Gasteiger partial charge is 0.303 e. The number of alkyl halides is 1. The molecule has 1 fully saturated rings. The minimum Gasteiger partial charge on any atom is -0.497 e. The molecule has 4 rings (SSSR count). The Bertz CT molecular complexity index is 1130. The van der Waals surface area contributed by atoms with Gasteiger partial charge in [-0.05, 0) is 105 Å². The highest BCUT2D eigenvalue weighted by Gasteiger charge is 2.30. The topological polar surface area (TPSA) is 88.4 Å². The molecule has 192 valence electrons. The lowest BCUT2D eigenvalue weighted by atomic mass is 9.79. The summed E-state index contributed by atoms with van der Waals surface area (Å²) in [4.78, 5) is 18.1. The van der Waals surface area contributed by atoms with Gasteiger partial charge in [-0.3, -0.25) is 9.78 Å². The fourth-order valence-corrected chi connectivity index (χ4v) is 5.39. The Morgan fingerprint density at radius 1 is 1.22 bits per heavy atom. The second kappa shape index (κ2) is 12.7. The van der Waals surface area contributed by atoms with Crippen molar-refractivity contribution >= 4 is 16.9 Å². The summed E-state index contributed by atoms with van der Waals surface area (Å²) in [5, 5.41) is 18.1. The molecule has 1 aliphatic heterocycles. The number of aliphatic carboxylic acids is 1. The second-order valence-corrected chi connectivity index (χ2v) is 9.69. The number of ether oxygens (including phenoxy) is 1. The summed E-state index contributed by atoms with van der Waals surface area (Å²) in [7, 11) is 1.60. The Morgan fingerprint density at radius 2 is 2.11 bits per heavy atom. The average Bonchev–Trinajstić information content (AvgIpc) is 2.91. The van der Waals surface area contributed by atoms with E-state index in [1.54, 1.807) is 25.6 Å². The highest BCUT2D eigenvalue weighted by molar-refractivity contribution is 5.83. The number of carboxylic acid groups (broad SMARTS) is 1. The van der Waals surface area contributed by atoms with Gasteiger partial charge in [-0.1, -0.05) is 0 Å². The van der Waals surface area contributed by atoms with Crippen LogP contribution in [0.5, 0.6) is 5.75 Å². The van der Waals surface area contributed by atoms with Crippen LogP contribution in [-0.4, -0.2) is 57.9 Å². The molecule has 3 heterocycles. The summed E-state index contributed by atoms with van der Waals surface area (Å²) in [6.45, 7) is 2.77. The summed E-state index contributed by atoms with van der Waals surface area (Å²) in [6.07, 6.45) is 7.00. The minimum atomic E-state index is -1.10. The van der Waals surface area contributed by atoms with Crippen molar-refractivity contribution < 1.29 is 19.0 Å². The molecule has 8 heteroatoms. The van der Waals surface area contributed by atoms with Crippen LogP contribution in [0, 0.1) is 11.8 Å². The predicted octanol–water partition coefficient (Wildman–Crippen LogP) is 5.26. The van der Waals surface area contributed by atoms with Crippen molar-refractivity contribution in [1.82, 2.24) is 20.1 Å². The number of pyridine rings is 1. The number of nitrogens with zero attached hydrogens (tertiary/aromatic N) is 4. The van der Waals surface area contributed by atoms with Gasteiger partial charge < -0.3 is 14.7 Å². The Morgan fingerprint density at radius 3 is 2.89 bits per heavy atom. The number of likely N-dealkylation sites (tertiary alicyclic amines) is 1. The third kappa shape index (κ3) is 6.97. The van der Waals surface area contributed by atoms with E-state index in [0.29, 0.717) is 30.1 Å². The molecule has 3 atom stereocenters. The summed E-state index contributed by atoms with van der Waals surface area (Å²) in [5.74, 6) is 0.493. The number of aryl methyl sites for hydroxylation is 1. The van der Waals surface area contributed by atoms with Crippen LogP contribution in [0.15, 0.2) is 48.8 Å². The first-order chi connectivity index (χ1) is 17.5. The third-order valence-electron chi connectivity index (χ3n) is 7.35. The molecule has 0 aliphatic carbocycles. The van der Waals surface area contributed by atoms with Crippen LogP contribution in [0.2, 0.25) is 0 Å². The van der Waals surface area contributed by atoms with Crippen LogP contribution < -0.4 is 4.74 Å². The van der Waals surface area contributed by atoms with E-state index in [-0.39, 0.29) is 12.3 Å². The van der Waals surface area contributed by atoms with E-state index in [1.165, 1.54) is 0 Å². The molecule has 36 heavy (non-hydrogen) atoms. The van der Waals surface area contributed by atoms with Crippen LogP contribution >= 0.6 is 0 Å². The number of rotatable bonds is 12. The normalized spacial score (nSPS) is 19.3. The van der Waals surface area contributed by atoms with Crippen molar-refractivity contribution in [3.63, 3.8) is 0 Å². The zero-order valence-corrected chi connectivity index (χ0v) is 20.9. The van der Waals surface area contributed by atoms with Crippen LogP contribution in [-0.2, 0) is 11.2 Å². The SMILES string of the molecule is COc1ccc2nccc(C(F)CC[C@@H]3CCN(CCCc4cccnn4)C[C@@H]3CCC(=O)O)c2c1. The number of hydrogen-bond donors (Lipinski definition) is 1. The molecular formula is C28H35FN4O3. The molecule has 1 aliphatic rings. The maximum Gasteiger partial charge on any atom is 0.303 e. The van der Waals surface area contributed by atoms with Gasteiger partial charge in [0.15, 0.2) is 0 Å². The number of benzene rings is 1. The molecule has 1 unspecified atom stereocenters. The maximum absolute atomic E-state index is 15.5. The van der Waals surface area contributed by atoms with Gasteiger partial charge in [0.2, 0.25) is 0 Å². The molecule has 2 aromatic heterocycles. The molecule has 0 saturated carbocycles. The molecule has 0 radical (unpaired) electrons. The van der Waals surface area contributed by atoms with Crippen LogP contribution in [0.3, 0.4) is 0 Å². The summed E-state index contributed by atoms with van der Waals surface area (Å²) in [5.41, 5.74) is 2.39. The van der Waals surface area contributed by atoms with Gasteiger partial charge in [-0.2, -0.15) is 10.2 Å². The number of fused-ring (bicyclic) bond motifs is 1. The van der Waals surface area contributed by atoms with Crippen molar-refractivity contribution in [2.24, 2.45) is 11.8 Å². The standard InChI is InChI=1S/C28H35FN4O3/c1-36-23-8-10-27-25(18-23)24(12-15-30-27)26(29)9-6-20-13-17-33(19-21(20)7-11-28(34)35)16-3-5-22-4-2-14-31-32-22/h2,4,8,10,12,14-15,18,20-21,26H,3,5-7,9,11,13,16-17,19H2,1H3,(H,34,35)/t20-,21+,26?/m1/s1. The largest absolute Gasteiger partial charge is 0.497 e. The van der Waals surface area contributed by atoms with Gasteiger partial charge in [0.25, 0.3) is 0 Å². The number of carbonyl (C=O) groups is 1. The highest BCUT2D eigenvalue weighted by atomic mass is 19.1. The summed E-state index contributed by atoms with van der Waals surface area (Å²) < 4.78 is 20.8. The maximum atomic E-state index is 15.5. The van der Waals surface area contributed by atoms with Crippen molar-refractivity contribution in [2.75, 3.05) is 26.7 Å². The van der Waals surface area contributed by atoms with Crippen LogP contribution in [0.25, 0.3) is 10.9 Å². The van der Waals surface area contributed by atoms with Crippen molar-refractivity contribution in [3.05, 3.63) is 60.0 Å². The van der Waals surface area contributed by atoms with E-state index in [4.69, 9.17) is 4.74 Å². The van der Waals surface area contributed by atoms with E-state index >= 15 is 4.39 Å². The lowest BCUT2D eigenvalue weighted by Crippen LogP contribution is -2.41. The van der Waals surface area contributed by atoms with Gasteiger partial charge in [0.1, 0.15) is 11.9 Å². The zero-order valence-electron chi connectivity index (χ0n) is 20.9. The van der Waals surface area contributed by atoms with E-state index in [0.717, 1.165) is 61.9 Å². The summed E-state index contributed by atoms with van der Waals surface area (Å²) >= 11 is 0. The number of methoxy groups -OCH3 is 1. The number of carboxylic acids is 1. The molecule has 7 nitrogen and oxygen atoms in total. The zero-order chi connectivity index (χ0) is 25.3. The minimum absolute atomic E-state index is 0.155. The van der Waals surface area contributed by atoms with Crippen molar-refractivity contribution in [1.29, 1.82) is 0 Å². The fourth-order valence-electron chi connectivity index (χ4n) is 5.39. The fraction of sp³-hybridized carbons (Fsp3) is 0.500. The Kier molecular flexibility index (Phi) is 9.17. The van der Waals surface area contributed by atoms with Crippen molar-refractivity contribution in [2.45, 2.75) is 51.1 Å². The molecule has 0 spiro atoms. The van der Waals surface area contributed by atoms with Gasteiger partial charge in [-0.25, -0.2) is 4.39 Å². The number of piperidine rings is 1. The first-order valence-electron chi connectivity index (χ1n) is 12.8. The number of hydrogen-bond acceptors (Lipinski definition) is 6. The molecule has 0 bridgehead atoms. The first kappa shape index (κ1) is 25.9. The van der Waals surface area contributed by atoms with E-state index in [2.05, 4.69) is 20.1 Å². The van der Waals surface area contributed by atoms with Gasteiger partial charge in [-0.15, -0.1) is 0 Å². The molecule has 0 amide bonds. The summed E-state index contributed by atoms with van der Waals surface area (Å²) in [6, 6.07) is 11.2. The second-order valence-electron chi connectivity index (χ2n) is 9.69. The molecule has 1 saturated heterocycles. The van der Waals surface area contributed by atoms with E-state index in [9.17, 15) is 9.90 Å². The lowest BCUT2D eigenvalue weighted by molar-refractivity contribution is -0.137. The van der Waals surface area contributed by atoms with Gasteiger partial charge in [0.05, 0.1) is 18.3 Å². The Labute approximate surface area is 211 Å². The average molecular weight is 495 g/mol. The van der Waals surface area contributed by atoms with Crippen LogP contribution in [0.1, 0.15) is 56.0 Å². The predicted molar refractivity (Wildman–Crippen MR) is 137 cm³/mol. The number of aromatic nitrogens is 3.